The van der Waals surface area contributed by atoms with E-state index in [2.05, 4.69) is 10.2 Å². The Morgan fingerprint density at radius 1 is 1.07 bits per heavy atom. The van der Waals surface area contributed by atoms with Crippen molar-refractivity contribution < 1.29 is 9.21 Å². The molecule has 0 spiro atoms. The van der Waals surface area contributed by atoms with Crippen LogP contribution in [0.2, 0.25) is 15.1 Å². The van der Waals surface area contributed by atoms with Gasteiger partial charge in [-0.05, 0) is 44.2 Å². The Kier molecular flexibility index (Phi) is 6.05. The number of nitrogens with zero attached hydrogens (tertiary/aromatic N) is 3. The number of hydrogen-bond donors (Lipinski definition) is 0. The zero-order valence-electron chi connectivity index (χ0n) is 14.6. The Bertz CT molecular complexity index is 972. The van der Waals surface area contributed by atoms with Gasteiger partial charge in [-0.25, -0.2) is 0 Å². The summed E-state index contributed by atoms with van der Waals surface area (Å²) in [5.74, 6) is 0.327. The molecule has 140 valence electrons. The van der Waals surface area contributed by atoms with Crippen molar-refractivity contribution in [3.63, 3.8) is 0 Å². The lowest BCUT2D eigenvalue weighted by Crippen LogP contribution is -2.36. The van der Waals surface area contributed by atoms with Crippen molar-refractivity contribution in [3.8, 4) is 11.5 Å². The van der Waals surface area contributed by atoms with Crippen LogP contribution >= 0.6 is 34.8 Å². The lowest BCUT2D eigenvalue weighted by atomic mass is 10.1. The molecule has 0 bridgehead atoms. The number of aromatic nitrogens is 2. The van der Waals surface area contributed by atoms with Gasteiger partial charge in [-0.3, -0.25) is 4.79 Å². The highest BCUT2D eigenvalue weighted by molar-refractivity contribution is 6.35. The van der Waals surface area contributed by atoms with Gasteiger partial charge in [0.1, 0.15) is 0 Å². The quantitative estimate of drug-likeness (QED) is 0.523. The van der Waals surface area contributed by atoms with Gasteiger partial charge in [0.2, 0.25) is 11.8 Å². The molecule has 3 aromatic rings. The first-order valence-electron chi connectivity index (χ1n) is 8.20. The fourth-order valence-electron chi connectivity index (χ4n) is 2.51. The van der Waals surface area contributed by atoms with Crippen molar-refractivity contribution in [2.75, 3.05) is 0 Å². The third-order valence-corrected chi connectivity index (χ3v) is 4.81. The minimum absolute atomic E-state index is 0.122. The lowest BCUT2D eigenvalue weighted by molar-refractivity contribution is 0.0672. The largest absolute Gasteiger partial charge is 0.419 e. The third kappa shape index (κ3) is 4.43. The summed E-state index contributed by atoms with van der Waals surface area (Å²) in [6.45, 7) is 3.92. The van der Waals surface area contributed by atoms with E-state index in [1.807, 2.05) is 26.0 Å². The highest BCUT2D eigenvalue weighted by Crippen LogP contribution is 2.27. The topological polar surface area (TPSA) is 59.2 Å². The number of amides is 1. The molecular formula is C19H16Cl3N3O2. The number of halogens is 3. The van der Waals surface area contributed by atoms with Crippen LogP contribution in [0.15, 0.2) is 46.9 Å². The van der Waals surface area contributed by atoms with Crippen LogP contribution in [-0.2, 0) is 6.54 Å². The Labute approximate surface area is 171 Å². The molecule has 0 aliphatic carbocycles. The normalized spacial score (nSPS) is 11.0. The zero-order chi connectivity index (χ0) is 19.6. The first-order valence-corrected chi connectivity index (χ1v) is 9.33. The number of carbonyl (C=O) groups is 1. The molecule has 27 heavy (non-hydrogen) atoms. The molecule has 8 heteroatoms. The number of rotatable bonds is 5. The SMILES string of the molecule is CC(C)N(Cc1nnc(-c2ccccc2Cl)o1)C(=O)c1cc(Cl)ccc1Cl. The Morgan fingerprint density at radius 2 is 1.81 bits per heavy atom. The predicted octanol–water partition coefficient (Wildman–Crippen LogP) is 5.75. The van der Waals surface area contributed by atoms with Crippen LogP contribution in [0.25, 0.3) is 11.5 Å². The van der Waals surface area contributed by atoms with Crippen molar-refractivity contribution in [1.82, 2.24) is 15.1 Å². The van der Waals surface area contributed by atoms with E-state index in [1.54, 1.807) is 35.2 Å². The van der Waals surface area contributed by atoms with Crippen molar-refractivity contribution in [2.24, 2.45) is 0 Å². The molecule has 0 atom stereocenters. The fourth-order valence-corrected chi connectivity index (χ4v) is 3.10. The monoisotopic (exact) mass is 423 g/mol. The molecule has 1 heterocycles. The molecule has 3 rings (SSSR count). The molecule has 0 aliphatic heterocycles. The van der Waals surface area contributed by atoms with Gasteiger partial charge >= 0.3 is 0 Å². The van der Waals surface area contributed by atoms with E-state index in [4.69, 9.17) is 39.2 Å². The number of carbonyl (C=O) groups excluding carboxylic acids is 1. The first-order chi connectivity index (χ1) is 12.9. The van der Waals surface area contributed by atoms with Crippen LogP contribution < -0.4 is 0 Å². The van der Waals surface area contributed by atoms with Gasteiger partial charge in [-0.2, -0.15) is 0 Å². The van der Waals surface area contributed by atoms with Gasteiger partial charge in [0.05, 0.1) is 27.7 Å². The summed E-state index contributed by atoms with van der Waals surface area (Å²) >= 11 is 18.3. The Morgan fingerprint density at radius 3 is 2.52 bits per heavy atom. The Balaban J connectivity index is 1.86. The second-order valence-corrected chi connectivity index (χ2v) is 7.38. The van der Waals surface area contributed by atoms with Gasteiger partial charge in [0, 0.05) is 11.1 Å². The molecule has 0 unspecified atom stereocenters. The lowest BCUT2D eigenvalue weighted by Gasteiger charge is -2.25. The van der Waals surface area contributed by atoms with Gasteiger partial charge < -0.3 is 9.32 Å². The van der Waals surface area contributed by atoms with Crippen LogP contribution in [0.3, 0.4) is 0 Å². The van der Waals surface area contributed by atoms with E-state index >= 15 is 0 Å². The molecule has 0 saturated heterocycles. The predicted molar refractivity (Wildman–Crippen MR) is 106 cm³/mol. The maximum atomic E-state index is 13.0. The van der Waals surface area contributed by atoms with E-state index in [-0.39, 0.29) is 18.5 Å². The summed E-state index contributed by atoms with van der Waals surface area (Å²) in [6.07, 6.45) is 0. The molecule has 0 radical (unpaired) electrons. The van der Waals surface area contributed by atoms with Gasteiger partial charge in [0.15, 0.2) is 0 Å². The molecule has 0 N–H and O–H groups in total. The van der Waals surface area contributed by atoms with Gasteiger partial charge in [-0.1, -0.05) is 46.9 Å². The number of hydrogen-bond acceptors (Lipinski definition) is 4. The summed E-state index contributed by atoms with van der Waals surface area (Å²) < 4.78 is 5.71. The van der Waals surface area contributed by atoms with E-state index in [1.165, 1.54) is 0 Å². The molecule has 2 aromatic carbocycles. The second-order valence-electron chi connectivity index (χ2n) is 6.13. The van der Waals surface area contributed by atoms with Gasteiger partial charge in [-0.15, -0.1) is 10.2 Å². The molecular weight excluding hydrogens is 409 g/mol. The minimum Gasteiger partial charge on any atom is -0.419 e. The van der Waals surface area contributed by atoms with Gasteiger partial charge in [0.25, 0.3) is 5.91 Å². The van der Waals surface area contributed by atoms with Crippen LogP contribution in [0.4, 0.5) is 0 Å². The van der Waals surface area contributed by atoms with E-state index < -0.39 is 0 Å². The first kappa shape index (κ1) is 19.7. The third-order valence-electron chi connectivity index (χ3n) is 3.92. The Hall–Kier alpha value is -2.08. The number of benzene rings is 2. The zero-order valence-corrected chi connectivity index (χ0v) is 16.9. The summed E-state index contributed by atoms with van der Waals surface area (Å²) in [5, 5.41) is 9.36. The van der Waals surface area contributed by atoms with E-state index in [9.17, 15) is 4.79 Å². The van der Waals surface area contributed by atoms with Crippen molar-refractivity contribution in [2.45, 2.75) is 26.4 Å². The second kappa shape index (κ2) is 8.30. The van der Waals surface area contributed by atoms with Crippen LogP contribution in [-0.4, -0.2) is 27.0 Å². The average molecular weight is 425 g/mol. The fraction of sp³-hybridized carbons (Fsp3) is 0.211. The van der Waals surface area contributed by atoms with Crippen molar-refractivity contribution >= 4 is 40.7 Å². The molecule has 0 saturated carbocycles. The minimum atomic E-state index is -0.269. The maximum absolute atomic E-state index is 13.0. The van der Waals surface area contributed by atoms with E-state index in [0.717, 1.165) is 0 Å². The highest BCUT2D eigenvalue weighted by atomic mass is 35.5. The molecule has 1 amide bonds. The van der Waals surface area contributed by atoms with E-state index in [0.29, 0.717) is 38.0 Å². The summed E-state index contributed by atoms with van der Waals surface area (Å²) in [5.41, 5.74) is 0.960. The maximum Gasteiger partial charge on any atom is 0.256 e. The summed E-state index contributed by atoms with van der Waals surface area (Å²) in [6, 6.07) is 11.8. The van der Waals surface area contributed by atoms with Crippen LogP contribution in [0, 0.1) is 0 Å². The smallest absolute Gasteiger partial charge is 0.256 e. The average Bonchev–Trinajstić information content (AvgIpc) is 3.10. The van der Waals surface area contributed by atoms with Crippen LogP contribution in [0.5, 0.6) is 0 Å². The van der Waals surface area contributed by atoms with Crippen LogP contribution in [0.1, 0.15) is 30.1 Å². The van der Waals surface area contributed by atoms with Crippen molar-refractivity contribution in [1.29, 1.82) is 0 Å². The van der Waals surface area contributed by atoms with Crippen molar-refractivity contribution in [3.05, 3.63) is 69.0 Å². The summed E-state index contributed by atoms with van der Waals surface area (Å²) in [4.78, 5) is 14.6. The molecule has 5 nitrogen and oxygen atoms in total. The highest BCUT2D eigenvalue weighted by Gasteiger charge is 2.24. The summed E-state index contributed by atoms with van der Waals surface area (Å²) in [7, 11) is 0. The molecule has 0 aliphatic rings. The molecule has 0 fully saturated rings. The molecule has 1 aromatic heterocycles. The standard InChI is InChI=1S/C19H16Cl3N3O2/c1-11(2)25(19(26)14-9-12(20)7-8-16(14)22)10-17-23-24-18(27-17)13-5-3-4-6-15(13)21/h3-9,11H,10H2,1-2H3.